The minimum Gasteiger partial charge on any atom is -0.497 e. The number of nitrogens with zero attached hydrogens (tertiary/aromatic N) is 2. The lowest BCUT2D eigenvalue weighted by Crippen LogP contribution is -2.57. The van der Waals surface area contributed by atoms with Gasteiger partial charge in [-0.3, -0.25) is 9.69 Å². The van der Waals surface area contributed by atoms with Gasteiger partial charge in [0.05, 0.1) is 7.11 Å². The molecule has 0 radical (unpaired) electrons. The van der Waals surface area contributed by atoms with Crippen molar-refractivity contribution in [2.24, 2.45) is 0 Å². The van der Waals surface area contributed by atoms with E-state index in [-0.39, 0.29) is 18.0 Å². The van der Waals surface area contributed by atoms with Crippen molar-refractivity contribution in [1.82, 2.24) is 4.90 Å². The van der Waals surface area contributed by atoms with Crippen LogP contribution in [-0.2, 0) is 5.60 Å². The SMILES string of the molecule is COc1cccc(C(=O)N(c2ccc(Cl)cc2)C2CCN([C@@H]3CCCC[C@]3(O)c3ccccc3)CC2)c1. The van der Waals surface area contributed by atoms with Crippen LogP contribution in [0.25, 0.3) is 0 Å². The second-order valence-electron chi connectivity index (χ2n) is 10.2. The van der Waals surface area contributed by atoms with Crippen molar-refractivity contribution in [3.63, 3.8) is 0 Å². The molecule has 5 rings (SSSR count). The molecule has 1 aliphatic carbocycles. The third-order valence-electron chi connectivity index (χ3n) is 8.06. The molecule has 1 saturated carbocycles. The first-order valence-corrected chi connectivity index (χ1v) is 13.6. The average Bonchev–Trinajstić information content (AvgIpc) is 2.95. The van der Waals surface area contributed by atoms with E-state index < -0.39 is 5.60 Å². The van der Waals surface area contributed by atoms with Crippen LogP contribution in [0, 0.1) is 0 Å². The molecule has 6 heteroatoms. The molecule has 3 aromatic rings. The first-order valence-electron chi connectivity index (χ1n) is 13.2. The standard InChI is InChI=1S/C31H35ClN2O3/c1-37-28-11-7-8-23(22-28)30(35)34(26-15-13-25(32)14-16-26)27-17-20-33(21-18-27)29-12-5-6-19-31(29,36)24-9-3-2-4-10-24/h2-4,7-11,13-16,22,27,29,36H,5-6,12,17-21H2,1H3/t29-,31+/m1/s1. The molecule has 2 aliphatic rings. The number of amides is 1. The summed E-state index contributed by atoms with van der Waals surface area (Å²) in [7, 11) is 1.61. The fraction of sp³-hybridized carbons (Fsp3) is 0.387. The van der Waals surface area contributed by atoms with E-state index in [2.05, 4.69) is 17.0 Å². The zero-order chi connectivity index (χ0) is 25.8. The summed E-state index contributed by atoms with van der Waals surface area (Å²) in [6.45, 7) is 1.67. The van der Waals surface area contributed by atoms with Crippen molar-refractivity contribution >= 4 is 23.2 Å². The Morgan fingerprint density at radius 1 is 0.973 bits per heavy atom. The molecule has 3 aromatic carbocycles. The third-order valence-corrected chi connectivity index (χ3v) is 8.31. The second-order valence-corrected chi connectivity index (χ2v) is 10.6. The Balaban J connectivity index is 1.38. The summed E-state index contributed by atoms with van der Waals surface area (Å²) in [5.74, 6) is 0.618. The number of carbonyl (C=O) groups is 1. The van der Waals surface area contributed by atoms with Crippen molar-refractivity contribution < 1.29 is 14.6 Å². The van der Waals surface area contributed by atoms with Gasteiger partial charge in [0.25, 0.3) is 5.91 Å². The van der Waals surface area contributed by atoms with Crippen LogP contribution >= 0.6 is 11.6 Å². The molecule has 1 aliphatic heterocycles. The maximum atomic E-state index is 13.9. The lowest BCUT2D eigenvalue weighted by molar-refractivity contribution is -0.0850. The van der Waals surface area contributed by atoms with Gasteiger partial charge in [-0.05, 0) is 73.7 Å². The Kier molecular flexibility index (Phi) is 7.84. The van der Waals surface area contributed by atoms with E-state index >= 15 is 0 Å². The molecule has 2 atom stereocenters. The molecule has 0 spiro atoms. The van der Waals surface area contributed by atoms with Gasteiger partial charge in [-0.15, -0.1) is 0 Å². The van der Waals surface area contributed by atoms with E-state index in [0.717, 1.165) is 62.9 Å². The topological polar surface area (TPSA) is 53.0 Å². The van der Waals surface area contributed by atoms with E-state index in [1.54, 1.807) is 13.2 Å². The summed E-state index contributed by atoms with van der Waals surface area (Å²) < 4.78 is 5.37. The van der Waals surface area contributed by atoms with Crippen LogP contribution in [0.4, 0.5) is 5.69 Å². The summed E-state index contributed by atoms with van der Waals surface area (Å²) in [6.07, 6.45) is 5.61. The molecule has 1 saturated heterocycles. The van der Waals surface area contributed by atoms with E-state index in [9.17, 15) is 9.90 Å². The lowest BCUT2D eigenvalue weighted by Gasteiger charge is -2.49. The number of benzene rings is 3. The number of hydrogen-bond donors (Lipinski definition) is 1. The van der Waals surface area contributed by atoms with Crippen LogP contribution in [0.15, 0.2) is 78.9 Å². The van der Waals surface area contributed by atoms with Gasteiger partial charge in [0.2, 0.25) is 0 Å². The first kappa shape index (κ1) is 25.8. The molecule has 5 nitrogen and oxygen atoms in total. The molecular weight excluding hydrogens is 484 g/mol. The summed E-state index contributed by atoms with van der Waals surface area (Å²) in [5, 5.41) is 12.5. The Bertz CT molecular complexity index is 1190. The van der Waals surface area contributed by atoms with Crippen LogP contribution < -0.4 is 9.64 Å². The average molecular weight is 519 g/mol. The van der Waals surface area contributed by atoms with Crippen molar-refractivity contribution in [2.75, 3.05) is 25.1 Å². The molecule has 37 heavy (non-hydrogen) atoms. The van der Waals surface area contributed by atoms with Crippen LogP contribution in [-0.4, -0.2) is 48.2 Å². The zero-order valence-corrected chi connectivity index (χ0v) is 22.1. The fourth-order valence-corrected chi connectivity index (χ4v) is 6.26. The molecule has 194 valence electrons. The van der Waals surface area contributed by atoms with E-state index in [4.69, 9.17) is 16.3 Å². The van der Waals surface area contributed by atoms with Gasteiger partial charge in [0.15, 0.2) is 0 Å². The summed E-state index contributed by atoms with van der Waals surface area (Å²) in [6, 6.07) is 25.1. The maximum Gasteiger partial charge on any atom is 0.258 e. The quantitative estimate of drug-likeness (QED) is 0.416. The van der Waals surface area contributed by atoms with Crippen LogP contribution in [0.2, 0.25) is 5.02 Å². The second kappa shape index (κ2) is 11.3. The highest BCUT2D eigenvalue weighted by atomic mass is 35.5. The number of rotatable bonds is 6. The molecule has 1 N–H and O–H groups in total. The molecule has 2 fully saturated rings. The van der Waals surface area contributed by atoms with Gasteiger partial charge in [-0.2, -0.15) is 0 Å². The van der Waals surface area contributed by atoms with Gasteiger partial charge in [-0.25, -0.2) is 0 Å². The number of piperidine rings is 1. The number of methoxy groups -OCH3 is 1. The Morgan fingerprint density at radius 2 is 1.70 bits per heavy atom. The minimum absolute atomic E-state index is 0.0434. The predicted molar refractivity (Wildman–Crippen MR) is 148 cm³/mol. The minimum atomic E-state index is -0.835. The molecular formula is C31H35ClN2O3. The number of halogens is 1. The summed E-state index contributed by atoms with van der Waals surface area (Å²) in [4.78, 5) is 18.2. The summed E-state index contributed by atoms with van der Waals surface area (Å²) >= 11 is 6.17. The number of likely N-dealkylation sites (tertiary alicyclic amines) is 1. The third kappa shape index (κ3) is 5.40. The van der Waals surface area contributed by atoms with Crippen molar-refractivity contribution in [3.8, 4) is 5.75 Å². The highest BCUT2D eigenvalue weighted by molar-refractivity contribution is 6.30. The van der Waals surface area contributed by atoms with E-state index in [0.29, 0.717) is 16.3 Å². The van der Waals surface area contributed by atoms with E-state index in [1.165, 1.54) is 0 Å². The summed E-state index contributed by atoms with van der Waals surface area (Å²) in [5.41, 5.74) is 1.62. The van der Waals surface area contributed by atoms with Crippen LogP contribution in [0.3, 0.4) is 0 Å². The number of anilines is 1. The highest BCUT2D eigenvalue weighted by Gasteiger charge is 2.44. The van der Waals surface area contributed by atoms with Crippen molar-refractivity contribution in [2.45, 2.75) is 56.2 Å². The van der Waals surface area contributed by atoms with Crippen LogP contribution in [0.5, 0.6) is 5.75 Å². The first-order chi connectivity index (χ1) is 18.0. The number of carbonyl (C=O) groups excluding carboxylic acids is 1. The zero-order valence-electron chi connectivity index (χ0n) is 21.4. The predicted octanol–water partition coefficient (Wildman–Crippen LogP) is 6.29. The van der Waals surface area contributed by atoms with Gasteiger partial charge in [0, 0.05) is 41.4 Å². The maximum absolute atomic E-state index is 13.9. The Morgan fingerprint density at radius 3 is 2.41 bits per heavy atom. The number of aliphatic hydroxyl groups is 1. The van der Waals surface area contributed by atoms with Crippen molar-refractivity contribution in [3.05, 3.63) is 95.0 Å². The molecule has 0 unspecified atom stereocenters. The monoisotopic (exact) mass is 518 g/mol. The largest absolute Gasteiger partial charge is 0.497 e. The van der Waals surface area contributed by atoms with Gasteiger partial charge in [0.1, 0.15) is 11.4 Å². The normalized spacial score (nSPS) is 22.9. The van der Waals surface area contributed by atoms with E-state index in [1.807, 2.05) is 65.6 Å². The Hall–Kier alpha value is -2.86. The smallest absolute Gasteiger partial charge is 0.258 e. The number of ether oxygens (including phenoxy) is 1. The van der Waals surface area contributed by atoms with Gasteiger partial charge in [-0.1, -0.05) is 60.8 Å². The molecule has 0 aromatic heterocycles. The number of hydrogen-bond acceptors (Lipinski definition) is 4. The van der Waals surface area contributed by atoms with Gasteiger partial charge < -0.3 is 14.7 Å². The Labute approximate surface area is 224 Å². The van der Waals surface area contributed by atoms with Crippen molar-refractivity contribution in [1.29, 1.82) is 0 Å². The van der Waals surface area contributed by atoms with Gasteiger partial charge >= 0.3 is 0 Å². The molecule has 0 bridgehead atoms. The fourth-order valence-electron chi connectivity index (χ4n) is 6.13. The highest BCUT2D eigenvalue weighted by Crippen LogP contribution is 2.41. The lowest BCUT2D eigenvalue weighted by atomic mass is 9.74. The van der Waals surface area contributed by atoms with Crippen LogP contribution in [0.1, 0.15) is 54.4 Å². The molecule has 1 amide bonds. The molecule has 1 heterocycles.